The third-order valence-electron chi connectivity index (χ3n) is 2.81. The largest absolute Gasteiger partial charge is 0.481 e. The maximum absolute atomic E-state index is 10.4. The number of carbonyl (C=O) groups is 1. The summed E-state index contributed by atoms with van der Waals surface area (Å²) in [6, 6.07) is 7.94. The number of rotatable bonds is 7. The van der Waals surface area contributed by atoms with Crippen molar-refractivity contribution in [3.8, 4) is 0 Å². The lowest BCUT2D eigenvalue weighted by Crippen LogP contribution is -1.95. The molecule has 0 atom stereocenters. The maximum Gasteiger partial charge on any atom is 0.303 e. The topological polar surface area (TPSA) is 76.2 Å². The zero-order valence-corrected chi connectivity index (χ0v) is 12.5. The van der Waals surface area contributed by atoms with Crippen molar-refractivity contribution in [1.82, 2.24) is 10.2 Å². The molecular weight excluding hydrogens is 324 g/mol. The molecule has 0 spiro atoms. The van der Waals surface area contributed by atoms with Gasteiger partial charge in [-0.25, -0.2) is 0 Å². The quantitative estimate of drug-likeness (QED) is 0.784. The summed E-state index contributed by atoms with van der Waals surface area (Å²) in [5.74, 6) is 0.384. The summed E-state index contributed by atoms with van der Waals surface area (Å²) in [5, 5.41) is 16.5. The monoisotopic (exact) mass is 338 g/mol. The predicted molar refractivity (Wildman–Crippen MR) is 76.4 cm³/mol. The van der Waals surface area contributed by atoms with E-state index in [0.29, 0.717) is 31.0 Å². The molecular formula is C14H15BrN2O3. The molecule has 1 aromatic heterocycles. The Morgan fingerprint density at radius 1 is 1.15 bits per heavy atom. The Bertz CT molecular complexity index is 566. The normalized spacial score (nSPS) is 10.7. The van der Waals surface area contributed by atoms with Gasteiger partial charge < -0.3 is 9.52 Å². The van der Waals surface area contributed by atoms with E-state index in [2.05, 4.69) is 26.1 Å². The summed E-state index contributed by atoms with van der Waals surface area (Å²) in [4.78, 5) is 10.4. The lowest BCUT2D eigenvalue weighted by molar-refractivity contribution is -0.137. The number of halogens is 1. The minimum absolute atomic E-state index is 0.180. The third kappa shape index (κ3) is 4.77. The van der Waals surface area contributed by atoms with Crippen LogP contribution in [-0.2, 0) is 17.6 Å². The van der Waals surface area contributed by atoms with Gasteiger partial charge in [0.05, 0.1) is 6.42 Å². The van der Waals surface area contributed by atoms with Gasteiger partial charge in [0.2, 0.25) is 11.8 Å². The van der Waals surface area contributed by atoms with Gasteiger partial charge in [0.15, 0.2) is 0 Å². The van der Waals surface area contributed by atoms with Gasteiger partial charge in [-0.15, -0.1) is 10.2 Å². The molecule has 2 aromatic rings. The van der Waals surface area contributed by atoms with E-state index < -0.39 is 5.97 Å². The first-order chi connectivity index (χ1) is 9.63. The summed E-state index contributed by atoms with van der Waals surface area (Å²) in [7, 11) is 0. The van der Waals surface area contributed by atoms with Crippen LogP contribution in [0.15, 0.2) is 33.2 Å². The van der Waals surface area contributed by atoms with E-state index >= 15 is 0 Å². The van der Waals surface area contributed by atoms with Gasteiger partial charge in [-0.2, -0.15) is 0 Å². The molecule has 0 aliphatic rings. The number of carboxylic acid groups (broad SMARTS) is 1. The predicted octanol–water partition coefficient (Wildman–Crippen LogP) is 3.22. The first kappa shape index (κ1) is 14.7. The molecule has 0 saturated heterocycles. The Morgan fingerprint density at radius 2 is 1.85 bits per heavy atom. The highest BCUT2D eigenvalue weighted by Crippen LogP contribution is 2.14. The van der Waals surface area contributed by atoms with E-state index in [9.17, 15) is 4.79 Å². The molecule has 0 amide bonds. The van der Waals surface area contributed by atoms with Crippen LogP contribution < -0.4 is 0 Å². The second-order valence-electron chi connectivity index (χ2n) is 4.49. The number of unbranched alkanes of at least 4 members (excludes halogenated alkanes) is 1. The SMILES string of the molecule is O=C(O)CCCCc1nnc(Cc2ccc(Br)cc2)o1. The lowest BCUT2D eigenvalue weighted by Gasteiger charge is -1.97. The van der Waals surface area contributed by atoms with Crippen LogP contribution in [0.3, 0.4) is 0 Å². The number of nitrogens with zero attached hydrogens (tertiary/aromatic N) is 2. The number of hydrogen-bond acceptors (Lipinski definition) is 4. The first-order valence-corrected chi connectivity index (χ1v) is 7.20. The summed E-state index contributed by atoms with van der Waals surface area (Å²) in [5.41, 5.74) is 1.11. The second-order valence-corrected chi connectivity index (χ2v) is 5.41. The molecule has 0 bridgehead atoms. The van der Waals surface area contributed by atoms with Crippen LogP contribution in [0.25, 0.3) is 0 Å². The van der Waals surface area contributed by atoms with Crippen molar-refractivity contribution in [3.05, 3.63) is 46.1 Å². The zero-order chi connectivity index (χ0) is 14.4. The van der Waals surface area contributed by atoms with Gasteiger partial charge in [0.25, 0.3) is 0 Å². The molecule has 2 rings (SSSR count). The van der Waals surface area contributed by atoms with E-state index in [0.717, 1.165) is 16.5 Å². The number of carboxylic acids is 1. The van der Waals surface area contributed by atoms with E-state index in [-0.39, 0.29) is 6.42 Å². The van der Waals surface area contributed by atoms with Gasteiger partial charge in [0.1, 0.15) is 0 Å². The van der Waals surface area contributed by atoms with Crippen molar-refractivity contribution in [3.63, 3.8) is 0 Å². The van der Waals surface area contributed by atoms with Crippen molar-refractivity contribution in [2.24, 2.45) is 0 Å². The molecule has 6 heteroatoms. The number of hydrogen-bond donors (Lipinski definition) is 1. The smallest absolute Gasteiger partial charge is 0.303 e. The van der Waals surface area contributed by atoms with Crippen LogP contribution >= 0.6 is 15.9 Å². The molecule has 0 aliphatic heterocycles. The third-order valence-corrected chi connectivity index (χ3v) is 3.34. The van der Waals surface area contributed by atoms with Crippen molar-refractivity contribution < 1.29 is 14.3 Å². The van der Waals surface area contributed by atoms with Crippen LogP contribution in [0.2, 0.25) is 0 Å². The molecule has 0 radical (unpaired) electrons. The highest BCUT2D eigenvalue weighted by Gasteiger charge is 2.07. The second kappa shape index (κ2) is 7.19. The van der Waals surface area contributed by atoms with Crippen molar-refractivity contribution in [2.75, 3.05) is 0 Å². The molecule has 1 N–H and O–H groups in total. The van der Waals surface area contributed by atoms with Gasteiger partial charge in [0, 0.05) is 17.3 Å². The minimum Gasteiger partial charge on any atom is -0.481 e. The van der Waals surface area contributed by atoms with Crippen LogP contribution in [0, 0.1) is 0 Å². The summed E-state index contributed by atoms with van der Waals surface area (Å²) >= 11 is 3.39. The van der Waals surface area contributed by atoms with Crippen molar-refractivity contribution in [2.45, 2.75) is 32.1 Å². The minimum atomic E-state index is -0.772. The average Bonchev–Trinajstić information content (AvgIpc) is 2.85. The lowest BCUT2D eigenvalue weighted by atomic mass is 10.1. The molecule has 0 fully saturated rings. The summed E-state index contributed by atoms with van der Waals surface area (Å²) in [6.07, 6.45) is 2.78. The Balaban J connectivity index is 1.82. The van der Waals surface area contributed by atoms with Gasteiger partial charge >= 0.3 is 5.97 Å². The Morgan fingerprint density at radius 3 is 2.55 bits per heavy atom. The Labute approximate surface area is 125 Å². The van der Waals surface area contributed by atoms with Crippen LogP contribution in [0.1, 0.15) is 36.6 Å². The Kier molecular flexibility index (Phi) is 5.29. The van der Waals surface area contributed by atoms with Gasteiger partial charge in [-0.1, -0.05) is 28.1 Å². The molecule has 0 unspecified atom stereocenters. The standard InChI is InChI=1S/C14H15BrN2O3/c15-11-7-5-10(6-8-11)9-13-17-16-12(20-13)3-1-2-4-14(18)19/h5-8H,1-4,9H2,(H,18,19). The fourth-order valence-corrected chi connectivity index (χ4v) is 2.05. The van der Waals surface area contributed by atoms with Gasteiger partial charge in [-0.3, -0.25) is 4.79 Å². The number of aliphatic carboxylic acids is 1. The highest BCUT2D eigenvalue weighted by molar-refractivity contribution is 9.10. The zero-order valence-electron chi connectivity index (χ0n) is 10.9. The molecule has 20 heavy (non-hydrogen) atoms. The number of benzene rings is 1. The fourth-order valence-electron chi connectivity index (χ4n) is 1.79. The van der Waals surface area contributed by atoms with Gasteiger partial charge in [-0.05, 0) is 30.5 Å². The molecule has 0 aliphatic carbocycles. The van der Waals surface area contributed by atoms with Crippen LogP contribution in [-0.4, -0.2) is 21.3 Å². The fraction of sp³-hybridized carbons (Fsp3) is 0.357. The van der Waals surface area contributed by atoms with Crippen molar-refractivity contribution >= 4 is 21.9 Å². The van der Waals surface area contributed by atoms with Crippen molar-refractivity contribution in [1.29, 1.82) is 0 Å². The first-order valence-electron chi connectivity index (χ1n) is 6.41. The Hall–Kier alpha value is -1.69. The molecule has 1 aromatic carbocycles. The van der Waals surface area contributed by atoms with Crippen LogP contribution in [0.5, 0.6) is 0 Å². The summed E-state index contributed by atoms with van der Waals surface area (Å²) in [6.45, 7) is 0. The number of aromatic nitrogens is 2. The average molecular weight is 339 g/mol. The molecule has 5 nitrogen and oxygen atoms in total. The molecule has 106 valence electrons. The summed E-state index contributed by atoms with van der Waals surface area (Å²) < 4.78 is 6.58. The number of aryl methyl sites for hydroxylation is 1. The van der Waals surface area contributed by atoms with E-state index in [1.807, 2.05) is 24.3 Å². The maximum atomic E-state index is 10.4. The van der Waals surface area contributed by atoms with E-state index in [1.54, 1.807) is 0 Å². The van der Waals surface area contributed by atoms with E-state index in [1.165, 1.54) is 0 Å². The highest BCUT2D eigenvalue weighted by atomic mass is 79.9. The molecule has 0 saturated carbocycles. The molecule has 1 heterocycles. The van der Waals surface area contributed by atoms with Crippen LogP contribution in [0.4, 0.5) is 0 Å². The van der Waals surface area contributed by atoms with E-state index in [4.69, 9.17) is 9.52 Å².